The van der Waals surface area contributed by atoms with Gasteiger partial charge in [-0.25, -0.2) is 8.42 Å². The smallest absolute Gasteiger partial charge is 0.244 e. The average molecular weight is 388 g/mol. The molecule has 1 aliphatic rings. The quantitative estimate of drug-likeness (QED) is 0.779. The number of sulfonamides is 1. The molecule has 1 aliphatic heterocycles. The van der Waals surface area contributed by atoms with E-state index in [0.29, 0.717) is 16.0 Å². The molecular formula is C10H12BrClN2O3S2. The van der Waals surface area contributed by atoms with Crippen LogP contribution in [0.3, 0.4) is 0 Å². The van der Waals surface area contributed by atoms with E-state index in [2.05, 4.69) is 15.9 Å². The summed E-state index contributed by atoms with van der Waals surface area (Å²) in [5.41, 5.74) is 5.98. The highest BCUT2D eigenvalue weighted by molar-refractivity contribution is 9.10. The first kappa shape index (κ1) is 15.2. The number of nitrogens with two attached hydrogens (primary N) is 1. The van der Waals surface area contributed by atoms with Gasteiger partial charge in [0.25, 0.3) is 0 Å². The zero-order valence-electron chi connectivity index (χ0n) is 9.80. The van der Waals surface area contributed by atoms with Crippen LogP contribution >= 0.6 is 27.5 Å². The third-order valence-electron chi connectivity index (χ3n) is 2.79. The van der Waals surface area contributed by atoms with Crippen molar-refractivity contribution >= 4 is 54.0 Å². The van der Waals surface area contributed by atoms with Gasteiger partial charge in [0, 0.05) is 46.1 Å². The van der Waals surface area contributed by atoms with Crippen LogP contribution in [0.2, 0.25) is 5.02 Å². The Morgan fingerprint density at radius 1 is 1.32 bits per heavy atom. The predicted molar refractivity (Wildman–Crippen MR) is 80.2 cm³/mol. The summed E-state index contributed by atoms with van der Waals surface area (Å²) in [5.74, 6) is 0.708. The molecule has 0 bridgehead atoms. The minimum absolute atomic E-state index is 0.0465. The fourth-order valence-corrected chi connectivity index (χ4v) is 5.75. The largest absolute Gasteiger partial charge is 0.398 e. The molecule has 1 saturated heterocycles. The Kier molecular flexibility index (Phi) is 4.56. The van der Waals surface area contributed by atoms with E-state index in [0.717, 1.165) is 0 Å². The fraction of sp³-hybridized carbons (Fsp3) is 0.400. The number of hydrogen-bond donors (Lipinski definition) is 1. The Morgan fingerprint density at radius 2 is 1.89 bits per heavy atom. The van der Waals surface area contributed by atoms with Gasteiger partial charge in [0.05, 0.1) is 9.37 Å². The van der Waals surface area contributed by atoms with E-state index in [1.165, 1.54) is 16.4 Å². The molecule has 9 heteroatoms. The molecular weight excluding hydrogens is 376 g/mol. The summed E-state index contributed by atoms with van der Waals surface area (Å²) in [6.07, 6.45) is 0. The molecule has 0 unspecified atom stereocenters. The first-order valence-corrected chi connectivity index (χ1v) is 9.52. The molecule has 0 spiro atoms. The van der Waals surface area contributed by atoms with Gasteiger partial charge in [-0.1, -0.05) is 11.6 Å². The van der Waals surface area contributed by atoms with Crippen LogP contribution in [0.25, 0.3) is 0 Å². The van der Waals surface area contributed by atoms with Crippen molar-refractivity contribution in [2.45, 2.75) is 4.90 Å². The molecule has 0 aromatic heterocycles. The van der Waals surface area contributed by atoms with Gasteiger partial charge in [-0.15, -0.1) is 0 Å². The van der Waals surface area contributed by atoms with E-state index in [9.17, 15) is 12.6 Å². The van der Waals surface area contributed by atoms with E-state index in [4.69, 9.17) is 17.3 Å². The van der Waals surface area contributed by atoms with Gasteiger partial charge in [-0.3, -0.25) is 4.21 Å². The van der Waals surface area contributed by atoms with Crippen LogP contribution in [-0.4, -0.2) is 41.5 Å². The SMILES string of the molecule is Nc1cc(Cl)cc(S(=O)(=O)N2CCS(=O)CC2)c1Br. The average Bonchev–Trinajstić information content (AvgIpc) is 2.34. The van der Waals surface area contributed by atoms with Crippen molar-refractivity contribution in [1.82, 2.24) is 4.31 Å². The summed E-state index contributed by atoms with van der Waals surface area (Å²) in [6, 6.07) is 2.85. The number of nitrogens with zero attached hydrogens (tertiary/aromatic N) is 1. The highest BCUT2D eigenvalue weighted by Crippen LogP contribution is 2.33. The highest BCUT2D eigenvalue weighted by atomic mass is 79.9. The van der Waals surface area contributed by atoms with Gasteiger partial charge < -0.3 is 5.73 Å². The molecule has 1 aromatic carbocycles. The zero-order valence-corrected chi connectivity index (χ0v) is 13.8. The van der Waals surface area contributed by atoms with Crippen LogP contribution in [0.4, 0.5) is 5.69 Å². The predicted octanol–water partition coefficient (Wildman–Crippen LogP) is 1.44. The van der Waals surface area contributed by atoms with Crippen molar-refractivity contribution in [3.05, 3.63) is 21.6 Å². The third-order valence-corrected chi connectivity index (χ3v) is 7.35. The normalized spacial score (nSPS) is 18.6. The zero-order chi connectivity index (χ0) is 14.2. The van der Waals surface area contributed by atoms with Gasteiger partial charge >= 0.3 is 0 Å². The maximum atomic E-state index is 12.5. The molecule has 0 radical (unpaired) electrons. The lowest BCUT2D eigenvalue weighted by atomic mass is 10.3. The number of rotatable bonds is 2. The Morgan fingerprint density at radius 3 is 2.47 bits per heavy atom. The van der Waals surface area contributed by atoms with E-state index in [1.54, 1.807) is 0 Å². The molecule has 1 fully saturated rings. The molecule has 2 rings (SSSR count). The van der Waals surface area contributed by atoms with E-state index in [1.807, 2.05) is 0 Å². The second-order valence-corrected chi connectivity index (χ2v) is 8.89. The summed E-state index contributed by atoms with van der Waals surface area (Å²) >= 11 is 9.04. The van der Waals surface area contributed by atoms with Gasteiger partial charge in [-0.05, 0) is 28.1 Å². The first-order chi connectivity index (χ1) is 8.82. The Bertz CT molecular complexity index is 626. The van der Waals surface area contributed by atoms with E-state index < -0.39 is 20.8 Å². The molecule has 19 heavy (non-hydrogen) atoms. The lowest BCUT2D eigenvalue weighted by Crippen LogP contribution is -2.41. The Balaban J connectivity index is 2.42. The third kappa shape index (κ3) is 3.13. The molecule has 1 aromatic rings. The molecule has 0 saturated carbocycles. The Labute approximate surface area is 127 Å². The van der Waals surface area contributed by atoms with Gasteiger partial charge in [-0.2, -0.15) is 4.31 Å². The second-order valence-electron chi connectivity index (χ2n) is 4.06. The van der Waals surface area contributed by atoms with Crippen LogP contribution in [0.15, 0.2) is 21.5 Å². The number of halogens is 2. The monoisotopic (exact) mass is 386 g/mol. The first-order valence-electron chi connectivity index (χ1n) is 5.42. The molecule has 2 N–H and O–H groups in total. The number of anilines is 1. The summed E-state index contributed by atoms with van der Waals surface area (Å²) in [4.78, 5) is 0.0465. The number of benzene rings is 1. The lowest BCUT2D eigenvalue weighted by molar-refractivity contribution is 0.438. The summed E-state index contributed by atoms with van der Waals surface area (Å²) < 4.78 is 37.9. The lowest BCUT2D eigenvalue weighted by Gasteiger charge is -2.26. The van der Waals surface area contributed by atoms with E-state index in [-0.39, 0.29) is 28.7 Å². The molecule has 5 nitrogen and oxygen atoms in total. The van der Waals surface area contributed by atoms with Crippen molar-refractivity contribution in [2.24, 2.45) is 0 Å². The highest BCUT2D eigenvalue weighted by Gasteiger charge is 2.30. The molecule has 0 amide bonds. The maximum Gasteiger partial charge on any atom is 0.244 e. The molecule has 106 valence electrons. The van der Waals surface area contributed by atoms with Crippen molar-refractivity contribution in [1.29, 1.82) is 0 Å². The van der Waals surface area contributed by atoms with Crippen LogP contribution in [0.5, 0.6) is 0 Å². The van der Waals surface area contributed by atoms with Crippen molar-refractivity contribution in [3.8, 4) is 0 Å². The summed E-state index contributed by atoms with van der Waals surface area (Å²) in [5, 5.41) is 0.264. The van der Waals surface area contributed by atoms with Crippen LogP contribution < -0.4 is 5.73 Å². The number of hydrogen-bond acceptors (Lipinski definition) is 4. The van der Waals surface area contributed by atoms with Gasteiger partial charge in [0.15, 0.2) is 0 Å². The molecule has 0 aliphatic carbocycles. The van der Waals surface area contributed by atoms with Gasteiger partial charge in [0.2, 0.25) is 10.0 Å². The van der Waals surface area contributed by atoms with Crippen LogP contribution in [0.1, 0.15) is 0 Å². The summed E-state index contributed by atoms with van der Waals surface area (Å²) in [7, 11) is -4.61. The minimum atomic E-state index is -3.67. The number of nitrogen functional groups attached to an aromatic ring is 1. The van der Waals surface area contributed by atoms with Crippen LogP contribution in [0, 0.1) is 0 Å². The maximum absolute atomic E-state index is 12.5. The standard InChI is InChI=1S/C10H12BrClN2O3S2/c11-10-8(13)5-7(12)6-9(10)19(16,17)14-1-3-18(15)4-2-14/h5-6H,1-4,13H2. The van der Waals surface area contributed by atoms with Crippen molar-refractivity contribution < 1.29 is 12.6 Å². The topological polar surface area (TPSA) is 80.5 Å². The minimum Gasteiger partial charge on any atom is -0.398 e. The summed E-state index contributed by atoms with van der Waals surface area (Å²) in [6.45, 7) is 0.488. The van der Waals surface area contributed by atoms with Crippen molar-refractivity contribution in [3.63, 3.8) is 0 Å². The van der Waals surface area contributed by atoms with Crippen LogP contribution in [-0.2, 0) is 20.8 Å². The molecule has 1 heterocycles. The fourth-order valence-electron chi connectivity index (χ4n) is 1.77. The molecule has 0 atom stereocenters. The second kappa shape index (κ2) is 5.69. The Hall–Kier alpha value is -0.150. The van der Waals surface area contributed by atoms with Gasteiger partial charge in [0.1, 0.15) is 0 Å². The van der Waals surface area contributed by atoms with Crippen molar-refractivity contribution in [2.75, 3.05) is 30.3 Å². The van der Waals surface area contributed by atoms with E-state index >= 15 is 0 Å².